The van der Waals surface area contributed by atoms with Crippen LogP contribution in [0.3, 0.4) is 0 Å². The molecule has 0 heterocycles. The van der Waals surface area contributed by atoms with E-state index in [0.717, 1.165) is 6.07 Å². The number of halogens is 2. The number of hydrogen-bond acceptors (Lipinski definition) is 1. The highest BCUT2D eigenvalue weighted by Crippen LogP contribution is 2.13. The normalized spacial score (nSPS) is 9.83. The fourth-order valence-corrected chi connectivity index (χ4v) is 1.24. The summed E-state index contributed by atoms with van der Waals surface area (Å²) in [4.78, 5) is 10.4. The Balaban J connectivity index is 3.10. The molecule has 0 unspecified atom stereocenters. The van der Waals surface area contributed by atoms with Crippen LogP contribution in [0.2, 0.25) is 0 Å². The molecule has 0 amide bonds. The minimum Gasteiger partial charge on any atom is -0.478 e. The van der Waals surface area contributed by atoms with Crippen LogP contribution in [0, 0.1) is 5.82 Å². The number of carboxylic acids is 1. The van der Waals surface area contributed by atoms with Gasteiger partial charge in [0.15, 0.2) is 0 Å². The van der Waals surface area contributed by atoms with Crippen LogP contribution in [0.5, 0.6) is 0 Å². The minimum absolute atomic E-state index is 0.0304. The van der Waals surface area contributed by atoms with E-state index in [9.17, 15) is 9.18 Å². The Labute approximate surface area is 77.2 Å². The molecule has 0 fully saturated rings. The van der Waals surface area contributed by atoms with Crippen LogP contribution in [-0.2, 0) is 5.33 Å². The maximum Gasteiger partial charge on any atom is 0.335 e. The van der Waals surface area contributed by atoms with Crippen LogP contribution in [0.4, 0.5) is 4.39 Å². The number of hydrogen-bond donors (Lipinski definition) is 1. The van der Waals surface area contributed by atoms with Crippen molar-refractivity contribution < 1.29 is 14.3 Å². The first-order chi connectivity index (χ1) is 5.65. The van der Waals surface area contributed by atoms with Crippen LogP contribution in [-0.4, -0.2) is 11.1 Å². The Bertz CT molecular complexity index is 312. The SMILES string of the molecule is O=C(O)c1ccc(CBr)c(F)c1. The van der Waals surface area contributed by atoms with Gasteiger partial charge in [-0.05, 0) is 17.7 Å². The second-order valence-electron chi connectivity index (χ2n) is 2.24. The topological polar surface area (TPSA) is 37.3 Å². The zero-order valence-electron chi connectivity index (χ0n) is 6.05. The van der Waals surface area contributed by atoms with Crippen molar-refractivity contribution in [3.05, 3.63) is 35.1 Å². The number of alkyl halides is 1. The molecule has 0 saturated carbocycles. The van der Waals surface area contributed by atoms with Crippen molar-refractivity contribution in [3.8, 4) is 0 Å². The highest BCUT2D eigenvalue weighted by atomic mass is 79.9. The van der Waals surface area contributed by atoms with Gasteiger partial charge in [-0.1, -0.05) is 22.0 Å². The summed E-state index contributed by atoms with van der Waals surface area (Å²) in [5.74, 6) is -1.61. The lowest BCUT2D eigenvalue weighted by atomic mass is 10.1. The van der Waals surface area contributed by atoms with Crippen molar-refractivity contribution in [1.82, 2.24) is 0 Å². The molecule has 0 spiro atoms. The highest BCUT2D eigenvalue weighted by Gasteiger charge is 2.06. The molecule has 12 heavy (non-hydrogen) atoms. The van der Waals surface area contributed by atoms with E-state index in [1.807, 2.05) is 0 Å². The summed E-state index contributed by atoms with van der Waals surface area (Å²) in [6.07, 6.45) is 0. The van der Waals surface area contributed by atoms with Crippen LogP contribution in [0.25, 0.3) is 0 Å². The van der Waals surface area contributed by atoms with Crippen LogP contribution in [0.1, 0.15) is 15.9 Å². The van der Waals surface area contributed by atoms with Gasteiger partial charge in [0.1, 0.15) is 5.82 Å². The van der Waals surface area contributed by atoms with Crippen molar-refractivity contribution in [3.63, 3.8) is 0 Å². The first-order valence-electron chi connectivity index (χ1n) is 3.23. The summed E-state index contributed by atoms with van der Waals surface area (Å²) in [5, 5.41) is 8.88. The van der Waals surface area contributed by atoms with Gasteiger partial charge in [0.25, 0.3) is 0 Å². The summed E-state index contributed by atoms with van der Waals surface area (Å²) in [6, 6.07) is 3.84. The summed E-state index contributed by atoms with van der Waals surface area (Å²) in [7, 11) is 0. The van der Waals surface area contributed by atoms with E-state index in [1.165, 1.54) is 12.1 Å². The van der Waals surface area contributed by atoms with Gasteiger partial charge in [-0.2, -0.15) is 0 Å². The molecule has 1 aromatic rings. The van der Waals surface area contributed by atoms with Gasteiger partial charge in [-0.15, -0.1) is 0 Å². The van der Waals surface area contributed by atoms with Crippen molar-refractivity contribution in [2.75, 3.05) is 0 Å². The standard InChI is InChI=1S/C8H6BrFO2/c9-4-6-2-1-5(8(11)12)3-7(6)10/h1-3H,4H2,(H,11,12). The van der Waals surface area contributed by atoms with Gasteiger partial charge in [-0.3, -0.25) is 0 Å². The Hall–Kier alpha value is -0.900. The van der Waals surface area contributed by atoms with E-state index in [4.69, 9.17) is 5.11 Å². The third-order valence-corrected chi connectivity index (χ3v) is 2.05. The summed E-state index contributed by atoms with van der Waals surface area (Å²) in [5.41, 5.74) is 0.428. The van der Waals surface area contributed by atoms with Gasteiger partial charge in [0.2, 0.25) is 0 Å². The largest absolute Gasteiger partial charge is 0.478 e. The molecule has 0 aromatic heterocycles. The van der Waals surface area contributed by atoms with Crippen molar-refractivity contribution in [1.29, 1.82) is 0 Å². The molecule has 0 aliphatic rings. The van der Waals surface area contributed by atoms with E-state index >= 15 is 0 Å². The summed E-state index contributed by atoms with van der Waals surface area (Å²) in [6.45, 7) is 0. The van der Waals surface area contributed by atoms with E-state index in [-0.39, 0.29) is 5.56 Å². The Morgan fingerprint density at radius 1 is 1.58 bits per heavy atom. The van der Waals surface area contributed by atoms with Crippen molar-refractivity contribution >= 4 is 21.9 Å². The Morgan fingerprint density at radius 2 is 2.25 bits per heavy atom. The first kappa shape index (κ1) is 9.19. The fourth-order valence-electron chi connectivity index (χ4n) is 0.789. The predicted molar refractivity (Wildman–Crippen MR) is 46.0 cm³/mol. The van der Waals surface area contributed by atoms with Crippen LogP contribution < -0.4 is 0 Å². The van der Waals surface area contributed by atoms with Crippen molar-refractivity contribution in [2.24, 2.45) is 0 Å². The molecule has 0 aliphatic heterocycles. The molecule has 64 valence electrons. The molecule has 0 bridgehead atoms. The average molecular weight is 233 g/mol. The van der Waals surface area contributed by atoms with Crippen molar-refractivity contribution in [2.45, 2.75) is 5.33 Å². The Kier molecular flexibility index (Phi) is 2.81. The molecule has 4 heteroatoms. The number of benzene rings is 1. The third-order valence-electron chi connectivity index (χ3n) is 1.44. The maximum atomic E-state index is 12.9. The lowest BCUT2D eigenvalue weighted by molar-refractivity contribution is 0.0696. The lowest BCUT2D eigenvalue weighted by Gasteiger charge is -1.99. The van der Waals surface area contributed by atoms with Gasteiger partial charge in [0, 0.05) is 5.33 Å². The van der Waals surface area contributed by atoms with Crippen LogP contribution >= 0.6 is 15.9 Å². The van der Waals surface area contributed by atoms with E-state index < -0.39 is 11.8 Å². The minimum atomic E-state index is -1.12. The van der Waals surface area contributed by atoms with Crippen LogP contribution in [0.15, 0.2) is 18.2 Å². The molecule has 0 saturated heterocycles. The van der Waals surface area contributed by atoms with E-state index in [0.29, 0.717) is 10.9 Å². The molecule has 0 radical (unpaired) electrons. The Morgan fingerprint density at radius 3 is 2.67 bits per heavy atom. The smallest absolute Gasteiger partial charge is 0.335 e. The molecule has 1 rings (SSSR count). The first-order valence-corrected chi connectivity index (χ1v) is 4.35. The second-order valence-corrected chi connectivity index (χ2v) is 2.81. The lowest BCUT2D eigenvalue weighted by Crippen LogP contribution is -1.98. The monoisotopic (exact) mass is 232 g/mol. The zero-order chi connectivity index (χ0) is 9.14. The predicted octanol–water partition coefficient (Wildman–Crippen LogP) is 2.42. The third kappa shape index (κ3) is 1.82. The van der Waals surface area contributed by atoms with E-state index in [2.05, 4.69) is 15.9 Å². The second kappa shape index (κ2) is 3.67. The number of rotatable bonds is 2. The average Bonchev–Trinajstić information content (AvgIpc) is 2.04. The van der Waals surface area contributed by atoms with Gasteiger partial charge in [-0.25, -0.2) is 9.18 Å². The number of carboxylic acid groups (broad SMARTS) is 1. The zero-order valence-corrected chi connectivity index (χ0v) is 7.64. The van der Waals surface area contributed by atoms with E-state index in [1.54, 1.807) is 0 Å². The fraction of sp³-hybridized carbons (Fsp3) is 0.125. The molecular formula is C8H6BrFO2. The number of carbonyl (C=O) groups is 1. The maximum absolute atomic E-state index is 12.9. The molecule has 1 N–H and O–H groups in total. The summed E-state index contributed by atoms with van der Waals surface area (Å²) < 4.78 is 12.9. The number of aromatic carboxylic acids is 1. The molecule has 2 nitrogen and oxygen atoms in total. The van der Waals surface area contributed by atoms with Gasteiger partial charge in [0.05, 0.1) is 5.56 Å². The molecule has 0 aliphatic carbocycles. The molecule has 1 aromatic carbocycles. The van der Waals surface area contributed by atoms with Gasteiger partial charge >= 0.3 is 5.97 Å². The van der Waals surface area contributed by atoms with Gasteiger partial charge < -0.3 is 5.11 Å². The molecular weight excluding hydrogens is 227 g/mol. The molecule has 0 atom stereocenters. The highest BCUT2D eigenvalue weighted by molar-refractivity contribution is 9.08. The summed E-state index contributed by atoms with van der Waals surface area (Å²) >= 11 is 3.08. The quantitative estimate of drug-likeness (QED) is 0.796.